The van der Waals surface area contributed by atoms with E-state index in [9.17, 15) is 4.79 Å². The molecule has 2 rings (SSSR count). The number of pyridine rings is 1. The number of carbonyl (C=O) groups is 1. The van der Waals surface area contributed by atoms with E-state index in [0.29, 0.717) is 5.69 Å². The number of hydrogen-bond acceptors (Lipinski definition) is 4. The van der Waals surface area contributed by atoms with Crippen LogP contribution in [0, 0.1) is 5.92 Å². The Morgan fingerprint density at radius 2 is 2.47 bits per heavy atom. The van der Waals surface area contributed by atoms with E-state index < -0.39 is 0 Å². The number of aliphatic hydroxyl groups is 1. The number of aliphatic hydroxyl groups excluding tert-OH is 1. The van der Waals surface area contributed by atoms with Gasteiger partial charge in [-0.15, -0.1) is 0 Å². The lowest BCUT2D eigenvalue weighted by atomic mass is 10.2. The third kappa shape index (κ3) is 1.99. The topological polar surface area (TPSA) is 59.4 Å². The SMILES string of the molecule is COC(=O)C1CC1c1cccc(CO)n1. The summed E-state index contributed by atoms with van der Waals surface area (Å²) in [4.78, 5) is 15.5. The number of hydrogen-bond donors (Lipinski definition) is 1. The number of nitrogens with zero attached hydrogens (tertiary/aromatic N) is 1. The van der Waals surface area contributed by atoms with Crippen LogP contribution in [-0.2, 0) is 16.1 Å². The quantitative estimate of drug-likeness (QED) is 0.746. The minimum atomic E-state index is -0.170. The van der Waals surface area contributed by atoms with Crippen molar-refractivity contribution in [3.8, 4) is 0 Å². The Balaban J connectivity index is 2.09. The summed E-state index contributed by atoms with van der Waals surface area (Å²) in [6, 6.07) is 5.49. The molecule has 4 nitrogen and oxygen atoms in total. The Hall–Kier alpha value is -1.42. The van der Waals surface area contributed by atoms with Crippen molar-refractivity contribution in [2.24, 2.45) is 5.92 Å². The largest absolute Gasteiger partial charge is 0.469 e. The molecule has 0 aromatic carbocycles. The van der Waals surface area contributed by atoms with Crippen LogP contribution in [0.3, 0.4) is 0 Å². The molecule has 0 spiro atoms. The van der Waals surface area contributed by atoms with Crippen molar-refractivity contribution in [2.45, 2.75) is 18.9 Å². The van der Waals surface area contributed by atoms with Gasteiger partial charge in [0.15, 0.2) is 0 Å². The van der Waals surface area contributed by atoms with E-state index >= 15 is 0 Å². The summed E-state index contributed by atoms with van der Waals surface area (Å²) in [5.41, 5.74) is 1.51. The Bertz CT molecular complexity index is 378. The molecular formula is C11H13NO3. The molecule has 1 N–H and O–H groups in total. The third-order valence-corrected chi connectivity index (χ3v) is 2.66. The standard InChI is InChI=1S/C11H13NO3/c1-15-11(14)9-5-8(9)10-4-2-3-7(6-13)12-10/h2-4,8-9,13H,5-6H2,1H3. The Morgan fingerprint density at radius 1 is 1.67 bits per heavy atom. The Kier molecular flexibility index (Phi) is 2.68. The molecule has 1 aliphatic rings. The van der Waals surface area contributed by atoms with Crippen molar-refractivity contribution in [1.82, 2.24) is 4.98 Å². The van der Waals surface area contributed by atoms with Gasteiger partial charge >= 0.3 is 5.97 Å². The molecule has 1 fully saturated rings. The molecule has 0 saturated heterocycles. The van der Waals surface area contributed by atoms with Crippen molar-refractivity contribution in [2.75, 3.05) is 7.11 Å². The number of methoxy groups -OCH3 is 1. The maximum Gasteiger partial charge on any atom is 0.309 e. The minimum absolute atomic E-state index is 0.0450. The van der Waals surface area contributed by atoms with E-state index in [4.69, 9.17) is 5.11 Å². The fraction of sp³-hybridized carbons (Fsp3) is 0.455. The summed E-state index contributed by atoms with van der Waals surface area (Å²) < 4.78 is 4.67. The second-order valence-electron chi connectivity index (χ2n) is 3.68. The molecule has 1 saturated carbocycles. The average Bonchev–Trinajstić information content (AvgIpc) is 3.08. The van der Waals surface area contributed by atoms with E-state index in [1.807, 2.05) is 12.1 Å². The zero-order valence-corrected chi connectivity index (χ0v) is 8.51. The van der Waals surface area contributed by atoms with Crippen LogP contribution >= 0.6 is 0 Å². The van der Waals surface area contributed by atoms with Gasteiger partial charge in [-0.1, -0.05) is 6.07 Å². The maximum absolute atomic E-state index is 11.2. The van der Waals surface area contributed by atoms with E-state index in [-0.39, 0.29) is 24.4 Å². The summed E-state index contributed by atoms with van der Waals surface area (Å²) in [6.45, 7) is -0.0660. The molecule has 0 radical (unpaired) electrons. The average molecular weight is 207 g/mol. The summed E-state index contributed by atoms with van der Waals surface area (Å²) in [6.07, 6.45) is 0.800. The highest BCUT2D eigenvalue weighted by atomic mass is 16.5. The van der Waals surface area contributed by atoms with Gasteiger partial charge in [0.1, 0.15) is 0 Å². The van der Waals surface area contributed by atoms with Crippen molar-refractivity contribution < 1.29 is 14.6 Å². The van der Waals surface area contributed by atoms with Crippen LogP contribution < -0.4 is 0 Å². The van der Waals surface area contributed by atoms with Crippen molar-refractivity contribution in [3.63, 3.8) is 0 Å². The van der Waals surface area contributed by atoms with E-state index in [2.05, 4.69) is 9.72 Å². The molecule has 2 atom stereocenters. The predicted molar refractivity (Wildman–Crippen MR) is 53.0 cm³/mol. The first-order chi connectivity index (χ1) is 7.26. The van der Waals surface area contributed by atoms with E-state index in [0.717, 1.165) is 12.1 Å². The smallest absolute Gasteiger partial charge is 0.309 e. The normalized spacial score (nSPS) is 23.6. The number of ether oxygens (including phenoxy) is 1. The molecule has 4 heteroatoms. The van der Waals surface area contributed by atoms with Gasteiger partial charge in [0.05, 0.1) is 25.3 Å². The highest BCUT2D eigenvalue weighted by molar-refractivity contribution is 5.77. The lowest BCUT2D eigenvalue weighted by Gasteiger charge is -2.01. The van der Waals surface area contributed by atoms with Crippen LogP contribution in [0.25, 0.3) is 0 Å². The Morgan fingerprint density at radius 3 is 3.13 bits per heavy atom. The number of carbonyl (C=O) groups excluding carboxylic acids is 1. The van der Waals surface area contributed by atoms with Crippen molar-refractivity contribution in [1.29, 1.82) is 0 Å². The summed E-state index contributed by atoms with van der Waals surface area (Å²) in [7, 11) is 1.40. The summed E-state index contributed by atoms with van der Waals surface area (Å²) >= 11 is 0. The fourth-order valence-electron chi connectivity index (χ4n) is 1.73. The van der Waals surface area contributed by atoms with Crippen LogP contribution in [0.15, 0.2) is 18.2 Å². The predicted octanol–water partition coefficient (Wildman–Crippen LogP) is 0.850. The van der Waals surface area contributed by atoms with Crippen LogP contribution in [0.4, 0.5) is 0 Å². The molecule has 0 amide bonds. The second-order valence-corrected chi connectivity index (χ2v) is 3.68. The highest BCUT2D eigenvalue weighted by Crippen LogP contribution is 2.47. The number of esters is 1. The highest BCUT2D eigenvalue weighted by Gasteiger charge is 2.45. The third-order valence-electron chi connectivity index (χ3n) is 2.66. The van der Waals surface area contributed by atoms with E-state index in [1.54, 1.807) is 6.07 Å². The van der Waals surface area contributed by atoms with Gasteiger partial charge < -0.3 is 9.84 Å². The zero-order chi connectivity index (χ0) is 10.8. The second kappa shape index (κ2) is 3.98. The fourth-order valence-corrected chi connectivity index (χ4v) is 1.73. The summed E-state index contributed by atoms with van der Waals surface area (Å²) in [5.74, 6) is -0.0448. The molecule has 80 valence electrons. The van der Waals surface area contributed by atoms with Crippen molar-refractivity contribution >= 4 is 5.97 Å². The minimum Gasteiger partial charge on any atom is -0.469 e. The first-order valence-corrected chi connectivity index (χ1v) is 4.90. The number of rotatable bonds is 3. The lowest BCUT2D eigenvalue weighted by molar-refractivity contribution is -0.142. The molecule has 1 aromatic rings. The van der Waals surface area contributed by atoms with Crippen LogP contribution in [0.5, 0.6) is 0 Å². The van der Waals surface area contributed by atoms with Gasteiger partial charge in [-0.25, -0.2) is 0 Å². The molecule has 0 bridgehead atoms. The van der Waals surface area contributed by atoms with Crippen LogP contribution in [0.1, 0.15) is 23.7 Å². The molecule has 2 unspecified atom stereocenters. The number of aromatic nitrogens is 1. The maximum atomic E-state index is 11.2. The van der Waals surface area contributed by atoms with Gasteiger partial charge in [0.25, 0.3) is 0 Å². The van der Waals surface area contributed by atoms with Gasteiger partial charge in [-0.2, -0.15) is 0 Å². The molecule has 0 aliphatic heterocycles. The van der Waals surface area contributed by atoms with Crippen LogP contribution in [0.2, 0.25) is 0 Å². The first kappa shape index (κ1) is 10.1. The summed E-state index contributed by atoms with van der Waals surface area (Å²) in [5, 5.41) is 8.93. The van der Waals surface area contributed by atoms with Gasteiger partial charge in [-0.3, -0.25) is 9.78 Å². The van der Waals surface area contributed by atoms with Gasteiger partial charge in [0.2, 0.25) is 0 Å². The van der Waals surface area contributed by atoms with E-state index in [1.165, 1.54) is 7.11 Å². The Labute approximate surface area is 87.9 Å². The van der Waals surface area contributed by atoms with Crippen molar-refractivity contribution in [3.05, 3.63) is 29.6 Å². The lowest BCUT2D eigenvalue weighted by Crippen LogP contribution is -2.04. The molecular weight excluding hydrogens is 194 g/mol. The molecule has 1 aliphatic carbocycles. The monoisotopic (exact) mass is 207 g/mol. The molecule has 15 heavy (non-hydrogen) atoms. The van der Waals surface area contributed by atoms with Gasteiger partial charge in [0, 0.05) is 11.6 Å². The molecule has 1 aromatic heterocycles. The zero-order valence-electron chi connectivity index (χ0n) is 8.51. The first-order valence-electron chi connectivity index (χ1n) is 4.90. The van der Waals surface area contributed by atoms with Crippen LogP contribution in [-0.4, -0.2) is 23.2 Å². The molecule has 1 heterocycles. The van der Waals surface area contributed by atoms with Gasteiger partial charge in [-0.05, 0) is 18.6 Å².